The third kappa shape index (κ3) is 5.65. The molecule has 2 aliphatic rings. The van der Waals surface area contributed by atoms with Gasteiger partial charge in [-0.1, -0.05) is 24.8 Å². The van der Waals surface area contributed by atoms with E-state index in [2.05, 4.69) is 34.3 Å². The summed E-state index contributed by atoms with van der Waals surface area (Å²) in [5.41, 5.74) is 4.71. The summed E-state index contributed by atoms with van der Waals surface area (Å²) in [6.07, 6.45) is 5.07. The predicted molar refractivity (Wildman–Crippen MR) is 149 cm³/mol. The third-order valence-electron chi connectivity index (χ3n) is 6.89. The molecule has 2 aliphatic heterocycles. The average Bonchev–Trinajstić information content (AvgIpc) is 3.14. The molecule has 0 N–H and O–H groups in total. The number of ketones is 1. The molecule has 0 aromatic heterocycles. The van der Waals surface area contributed by atoms with E-state index in [1.807, 2.05) is 24.3 Å². The Balaban J connectivity index is 1.43. The van der Waals surface area contributed by atoms with Crippen LogP contribution < -0.4 is 14.2 Å². The van der Waals surface area contributed by atoms with Crippen LogP contribution in [0.1, 0.15) is 48.1 Å². The molecule has 2 aromatic carbocycles. The number of fused-ring (bicyclic) bond motifs is 1. The van der Waals surface area contributed by atoms with Crippen LogP contribution in [0.25, 0.3) is 6.08 Å². The van der Waals surface area contributed by atoms with Crippen LogP contribution >= 0.6 is 11.8 Å². The summed E-state index contributed by atoms with van der Waals surface area (Å²) in [4.78, 5) is 37.1. The highest BCUT2D eigenvalue weighted by Crippen LogP contribution is 2.44. The van der Waals surface area contributed by atoms with Crippen LogP contribution in [0.4, 0.5) is 4.79 Å². The SMILES string of the molecule is C=CCOc1c(C)c(C)c2c(c1C)CCC(C)(COc1ccc(/C=C3\SC(=O)N(CC(C)=O)C3=O)cc1)O2. The maximum atomic E-state index is 12.5. The second kappa shape index (κ2) is 11.1. The summed E-state index contributed by atoms with van der Waals surface area (Å²) in [6, 6.07) is 7.31. The molecule has 0 spiro atoms. The van der Waals surface area contributed by atoms with E-state index in [1.54, 1.807) is 12.2 Å². The first-order valence-electron chi connectivity index (χ1n) is 12.6. The molecular weight excluding hydrogens is 502 g/mol. The van der Waals surface area contributed by atoms with Gasteiger partial charge in [0.1, 0.15) is 41.8 Å². The van der Waals surface area contributed by atoms with Crippen molar-refractivity contribution in [2.45, 2.75) is 53.1 Å². The van der Waals surface area contributed by atoms with Gasteiger partial charge in [0, 0.05) is 5.56 Å². The first-order chi connectivity index (χ1) is 18.0. The van der Waals surface area contributed by atoms with Crippen molar-refractivity contribution in [1.29, 1.82) is 0 Å². The van der Waals surface area contributed by atoms with Gasteiger partial charge in [-0.05, 0) is 99.7 Å². The molecule has 0 bridgehead atoms. The van der Waals surface area contributed by atoms with Crippen molar-refractivity contribution in [3.63, 3.8) is 0 Å². The Labute approximate surface area is 227 Å². The number of imide groups is 1. The molecule has 1 atom stereocenters. The smallest absolute Gasteiger partial charge is 0.293 e. The summed E-state index contributed by atoms with van der Waals surface area (Å²) in [5, 5.41) is -0.431. The molecule has 2 amide bonds. The summed E-state index contributed by atoms with van der Waals surface area (Å²) < 4.78 is 18.6. The monoisotopic (exact) mass is 535 g/mol. The molecule has 200 valence electrons. The molecule has 1 saturated heterocycles. The molecule has 38 heavy (non-hydrogen) atoms. The molecule has 8 heteroatoms. The van der Waals surface area contributed by atoms with Gasteiger partial charge in [-0.15, -0.1) is 0 Å². The molecule has 7 nitrogen and oxygen atoms in total. The van der Waals surface area contributed by atoms with Gasteiger partial charge >= 0.3 is 0 Å². The van der Waals surface area contributed by atoms with E-state index >= 15 is 0 Å². The highest BCUT2D eigenvalue weighted by atomic mass is 32.2. The van der Waals surface area contributed by atoms with Crippen LogP contribution in [0.5, 0.6) is 17.2 Å². The summed E-state index contributed by atoms with van der Waals surface area (Å²) in [5.74, 6) is 1.82. The highest BCUT2D eigenvalue weighted by molar-refractivity contribution is 8.18. The quantitative estimate of drug-likeness (QED) is 0.289. The minimum absolute atomic E-state index is 0.205. The first kappa shape index (κ1) is 27.5. The predicted octanol–water partition coefficient (Wildman–Crippen LogP) is 5.96. The van der Waals surface area contributed by atoms with Crippen molar-refractivity contribution in [3.8, 4) is 17.2 Å². The number of benzene rings is 2. The highest BCUT2D eigenvalue weighted by Gasteiger charge is 2.36. The lowest BCUT2D eigenvalue weighted by molar-refractivity contribution is -0.127. The Bertz CT molecular complexity index is 1330. The van der Waals surface area contributed by atoms with Crippen LogP contribution in [0, 0.1) is 20.8 Å². The Kier molecular flexibility index (Phi) is 8.02. The standard InChI is InChI=1S/C30H33NO6S/c1-7-14-35-26-19(3)20(4)27-24(21(26)5)12-13-30(6,37-27)17-36-23-10-8-22(9-11-23)15-25-28(33)31(16-18(2)32)29(34)38-25/h7-11,15H,1,12-14,16-17H2,2-6H3/b25-15-. The number of thioether (sulfide) groups is 1. The minimum atomic E-state index is -0.492. The number of hydrogen-bond acceptors (Lipinski definition) is 7. The topological polar surface area (TPSA) is 82.1 Å². The number of rotatable bonds is 9. The molecule has 2 aromatic rings. The third-order valence-corrected chi connectivity index (χ3v) is 7.79. The van der Waals surface area contributed by atoms with Gasteiger partial charge in [-0.2, -0.15) is 0 Å². The minimum Gasteiger partial charge on any atom is -0.489 e. The zero-order chi connectivity index (χ0) is 27.6. The molecule has 0 radical (unpaired) electrons. The number of carbonyl (C=O) groups excluding carboxylic acids is 3. The lowest BCUT2D eigenvalue weighted by atomic mass is 9.87. The number of nitrogens with zero attached hydrogens (tertiary/aromatic N) is 1. The fourth-order valence-corrected chi connectivity index (χ4v) is 5.49. The number of ether oxygens (including phenoxy) is 3. The molecule has 1 unspecified atom stereocenters. The van der Waals surface area contributed by atoms with E-state index in [1.165, 1.54) is 12.5 Å². The van der Waals surface area contributed by atoms with Gasteiger partial charge in [0.05, 0.1) is 11.4 Å². The van der Waals surface area contributed by atoms with Gasteiger partial charge in [0.25, 0.3) is 11.1 Å². The molecule has 1 fully saturated rings. The molecule has 0 saturated carbocycles. The summed E-state index contributed by atoms with van der Waals surface area (Å²) in [7, 11) is 0. The van der Waals surface area contributed by atoms with Crippen LogP contribution in [0.3, 0.4) is 0 Å². The van der Waals surface area contributed by atoms with Crippen molar-refractivity contribution in [2.24, 2.45) is 0 Å². The van der Waals surface area contributed by atoms with Crippen LogP contribution in [-0.4, -0.2) is 47.2 Å². The Morgan fingerprint density at radius 1 is 1.13 bits per heavy atom. The van der Waals surface area contributed by atoms with E-state index < -0.39 is 16.7 Å². The van der Waals surface area contributed by atoms with Gasteiger partial charge in [0.15, 0.2) is 0 Å². The second-order valence-electron chi connectivity index (χ2n) is 9.99. The molecule has 2 heterocycles. The average molecular weight is 536 g/mol. The van der Waals surface area contributed by atoms with Crippen molar-refractivity contribution in [1.82, 2.24) is 4.90 Å². The largest absolute Gasteiger partial charge is 0.489 e. The fraction of sp³-hybridized carbons (Fsp3) is 0.367. The van der Waals surface area contributed by atoms with Crippen molar-refractivity contribution in [3.05, 3.63) is 69.6 Å². The molecular formula is C30H33NO6S. The van der Waals surface area contributed by atoms with Crippen molar-refractivity contribution in [2.75, 3.05) is 19.8 Å². The van der Waals surface area contributed by atoms with E-state index in [0.29, 0.717) is 23.9 Å². The van der Waals surface area contributed by atoms with Gasteiger partial charge in [-0.3, -0.25) is 19.3 Å². The fourth-order valence-electron chi connectivity index (χ4n) is 4.65. The zero-order valence-electron chi connectivity index (χ0n) is 22.5. The summed E-state index contributed by atoms with van der Waals surface area (Å²) in [6.45, 7) is 14.0. The van der Waals surface area contributed by atoms with Gasteiger partial charge < -0.3 is 14.2 Å². The van der Waals surface area contributed by atoms with Crippen LogP contribution in [-0.2, 0) is 16.0 Å². The van der Waals surface area contributed by atoms with E-state index in [-0.39, 0.29) is 12.3 Å². The van der Waals surface area contributed by atoms with Crippen LogP contribution in [0.2, 0.25) is 0 Å². The lowest BCUT2D eigenvalue weighted by Crippen LogP contribution is -2.42. The van der Waals surface area contributed by atoms with Crippen LogP contribution in [0.15, 0.2) is 41.8 Å². The van der Waals surface area contributed by atoms with E-state index in [0.717, 1.165) is 63.3 Å². The Hall–Kier alpha value is -3.52. The van der Waals surface area contributed by atoms with Gasteiger partial charge in [-0.25, -0.2) is 0 Å². The maximum absolute atomic E-state index is 12.5. The Morgan fingerprint density at radius 2 is 1.84 bits per heavy atom. The molecule has 0 aliphatic carbocycles. The molecule has 4 rings (SSSR count). The number of amides is 2. The van der Waals surface area contributed by atoms with E-state index in [4.69, 9.17) is 14.2 Å². The van der Waals surface area contributed by atoms with Gasteiger partial charge in [0.2, 0.25) is 0 Å². The number of hydrogen-bond donors (Lipinski definition) is 0. The van der Waals surface area contributed by atoms with Crippen molar-refractivity contribution < 1.29 is 28.6 Å². The zero-order valence-corrected chi connectivity index (χ0v) is 23.3. The lowest BCUT2D eigenvalue weighted by Gasteiger charge is -2.38. The first-order valence-corrected chi connectivity index (χ1v) is 13.4. The normalized spacial score (nSPS) is 19.8. The number of Topliss-reactive ketones (excluding diaryl/α,β-unsaturated/α-hetero) is 1. The number of carbonyl (C=O) groups is 3. The summed E-state index contributed by atoms with van der Waals surface area (Å²) >= 11 is 0.840. The maximum Gasteiger partial charge on any atom is 0.293 e. The van der Waals surface area contributed by atoms with Crippen molar-refractivity contribution >= 4 is 34.8 Å². The second-order valence-corrected chi connectivity index (χ2v) is 11.0. The Morgan fingerprint density at radius 3 is 2.50 bits per heavy atom. The van der Waals surface area contributed by atoms with E-state index in [9.17, 15) is 14.4 Å².